The molecule has 0 radical (unpaired) electrons. The van der Waals surface area contributed by atoms with Crippen LogP contribution in [0.3, 0.4) is 0 Å². The van der Waals surface area contributed by atoms with Crippen LogP contribution in [0.4, 0.5) is 0 Å². The quantitative estimate of drug-likeness (QED) is 0.762. The van der Waals surface area contributed by atoms with E-state index in [2.05, 4.69) is 39.8 Å². The Morgan fingerprint density at radius 3 is 2.62 bits per heavy atom. The van der Waals surface area contributed by atoms with Crippen molar-refractivity contribution in [3.63, 3.8) is 0 Å². The molecule has 7 heteroatoms. The topological polar surface area (TPSA) is 53.6 Å². The number of amides is 1. The van der Waals surface area contributed by atoms with Gasteiger partial charge < -0.3 is 15.4 Å². The molecule has 0 saturated carbocycles. The Bertz CT molecular complexity index is 560. The molecule has 1 fully saturated rings. The number of fused-ring (bicyclic) bond motifs is 1. The van der Waals surface area contributed by atoms with Crippen LogP contribution in [0.2, 0.25) is 0 Å². The van der Waals surface area contributed by atoms with E-state index in [-0.39, 0.29) is 36.1 Å². The number of methoxy groups -OCH3 is 1. The fraction of sp³-hybridized carbons (Fsp3) is 0.632. The van der Waals surface area contributed by atoms with Crippen LogP contribution in [0.5, 0.6) is 0 Å². The van der Waals surface area contributed by atoms with E-state index in [4.69, 9.17) is 4.74 Å². The van der Waals surface area contributed by atoms with Gasteiger partial charge in [-0.05, 0) is 43.5 Å². The van der Waals surface area contributed by atoms with Gasteiger partial charge in [0.15, 0.2) is 0 Å². The van der Waals surface area contributed by atoms with Crippen LogP contribution >= 0.6 is 24.8 Å². The summed E-state index contributed by atoms with van der Waals surface area (Å²) in [5.41, 5.74) is 2.53. The van der Waals surface area contributed by atoms with Gasteiger partial charge in [-0.3, -0.25) is 9.69 Å². The summed E-state index contributed by atoms with van der Waals surface area (Å²) >= 11 is 0. The summed E-state index contributed by atoms with van der Waals surface area (Å²) < 4.78 is 5.34. The lowest BCUT2D eigenvalue weighted by Gasteiger charge is -2.36. The number of hydrogen-bond donors (Lipinski definition) is 2. The number of hydrogen-bond acceptors (Lipinski definition) is 4. The molecule has 2 N–H and O–H groups in total. The van der Waals surface area contributed by atoms with E-state index in [9.17, 15) is 4.79 Å². The van der Waals surface area contributed by atoms with Gasteiger partial charge in [-0.2, -0.15) is 0 Å². The SMILES string of the molecule is COCC1(C(=O)NCCN2CCc3ccccc3C2)CCNCC1.Cl.Cl. The monoisotopic (exact) mass is 403 g/mol. The number of nitrogens with one attached hydrogen (secondary N) is 2. The van der Waals surface area contributed by atoms with E-state index in [0.717, 1.165) is 52.0 Å². The summed E-state index contributed by atoms with van der Waals surface area (Å²) in [6.07, 6.45) is 2.80. The molecular formula is C19H31Cl2N3O2. The predicted molar refractivity (Wildman–Crippen MR) is 109 cm³/mol. The minimum absolute atomic E-state index is 0. The fourth-order valence-corrected chi connectivity index (χ4v) is 3.88. The third kappa shape index (κ3) is 5.57. The molecule has 5 nitrogen and oxygen atoms in total. The second kappa shape index (κ2) is 11.1. The molecule has 26 heavy (non-hydrogen) atoms. The van der Waals surface area contributed by atoms with Crippen LogP contribution in [-0.4, -0.2) is 57.2 Å². The molecule has 0 bridgehead atoms. The number of rotatable bonds is 6. The van der Waals surface area contributed by atoms with E-state index in [1.165, 1.54) is 11.1 Å². The first-order chi connectivity index (χ1) is 11.7. The molecule has 2 aliphatic rings. The zero-order valence-electron chi connectivity index (χ0n) is 15.5. The van der Waals surface area contributed by atoms with Gasteiger partial charge in [0.2, 0.25) is 5.91 Å². The smallest absolute Gasteiger partial charge is 0.228 e. The van der Waals surface area contributed by atoms with E-state index in [1.807, 2.05) is 0 Å². The molecule has 1 aromatic carbocycles. The van der Waals surface area contributed by atoms with Crippen LogP contribution in [0.25, 0.3) is 0 Å². The zero-order valence-corrected chi connectivity index (χ0v) is 17.1. The normalized spacial score (nSPS) is 18.8. The van der Waals surface area contributed by atoms with E-state index in [1.54, 1.807) is 7.11 Å². The summed E-state index contributed by atoms with van der Waals surface area (Å²) in [4.78, 5) is 15.1. The Hall–Kier alpha value is -0.850. The Balaban J connectivity index is 0.00000169. The maximum atomic E-state index is 12.7. The van der Waals surface area contributed by atoms with Gasteiger partial charge in [0.1, 0.15) is 0 Å². The lowest BCUT2D eigenvalue weighted by molar-refractivity contribution is -0.136. The number of piperidine rings is 1. The van der Waals surface area contributed by atoms with Crippen molar-refractivity contribution in [1.29, 1.82) is 0 Å². The first kappa shape index (κ1) is 23.2. The molecule has 0 unspecified atom stereocenters. The Morgan fingerprint density at radius 1 is 1.23 bits per heavy atom. The van der Waals surface area contributed by atoms with Crippen LogP contribution in [0.15, 0.2) is 24.3 Å². The van der Waals surface area contributed by atoms with E-state index in [0.29, 0.717) is 13.2 Å². The second-order valence-electron chi connectivity index (χ2n) is 7.01. The van der Waals surface area contributed by atoms with Crippen LogP contribution < -0.4 is 10.6 Å². The number of carbonyl (C=O) groups is 1. The standard InChI is InChI=1S/C19H29N3O2.2ClH/c1-24-15-19(7-9-20-10-8-19)18(23)21-11-13-22-12-6-16-4-2-3-5-17(16)14-22;;/h2-5,20H,6-15H2,1H3,(H,21,23);2*1H. The van der Waals surface area contributed by atoms with Gasteiger partial charge in [0.05, 0.1) is 12.0 Å². The highest BCUT2D eigenvalue weighted by molar-refractivity contribution is 5.85. The minimum Gasteiger partial charge on any atom is -0.384 e. The molecule has 2 aliphatic heterocycles. The first-order valence-electron chi connectivity index (χ1n) is 9.01. The second-order valence-corrected chi connectivity index (χ2v) is 7.01. The Morgan fingerprint density at radius 2 is 1.92 bits per heavy atom. The number of benzene rings is 1. The highest BCUT2D eigenvalue weighted by Crippen LogP contribution is 2.29. The molecule has 1 aromatic rings. The van der Waals surface area contributed by atoms with Gasteiger partial charge in [0.25, 0.3) is 0 Å². The highest BCUT2D eigenvalue weighted by atomic mass is 35.5. The molecule has 3 rings (SSSR count). The van der Waals surface area contributed by atoms with Crippen LogP contribution in [0.1, 0.15) is 24.0 Å². The lowest BCUT2D eigenvalue weighted by Crippen LogP contribution is -2.51. The van der Waals surface area contributed by atoms with E-state index < -0.39 is 0 Å². The summed E-state index contributed by atoms with van der Waals surface area (Å²) in [6.45, 7) is 5.96. The molecule has 1 saturated heterocycles. The fourth-order valence-electron chi connectivity index (χ4n) is 3.88. The van der Waals surface area contributed by atoms with Crippen molar-refractivity contribution < 1.29 is 9.53 Å². The Labute approximate surface area is 169 Å². The van der Waals surface area contributed by atoms with Gasteiger partial charge in [-0.1, -0.05) is 24.3 Å². The van der Waals surface area contributed by atoms with E-state index >= 15 is 0 Å². The molecule has 0 spiro atoms. The van der Waals surface area contributed by atoms with Crippen molar-refractivity contribution in [1.82, 2.24) is 15.5 Å². The highest BCUT2D eigenvalue weighted by Gasteiger charge is 2.39. The van der Waals surface area contributed by atoms with Crippen molar-refractivity contribution in [3.8, 4) is 0 Å². The third-order valence-electron chi connectivity index (χ3n) is 5.39. The first-order valence-corrected chi connectivity index (χ1v) is 9.01. The van der Waals surface area contributed by atoms with Gasteiger partial charge in [-0.15, -0.1) is 24.8 Å². The molecule has 1 amide bonds. The van der Waals surface area contributed by atoms with Crippen molar-refractivity contribution in [2.75, 3.05) is 46.4 Å². The van der Waals surface area contributed by atoms with Crippen molar-refractivity contribution in [2.45, 2.75) is 25.8 Å². The maximum Gasteiger partial charge on any atom is 0.228 e. The molecule has 148 valence electrons. The average molecular weight is 404 g/mol. The molecule has 0 atom stereocenters. The van der Waals surface area contributed by atoms with Crippen molar-refractivity contribution in [3.05, 3.63) is 35.4 Å². The summed E-state index contributed by atoms with van der Waals surface area (Å²) in [5, 5.41) is 6.49. The number of ether oxygens (including phenoxy) is 1. The van der Waals surface area contributed by atoms with Gasteiger partial charge >= 0.3 is 0 Å². The Kier molecular flexibility index (Phi) is 9.90. The average Bonchev–Trinajstić information content (AvgIpc) is 2.62. The van der Waals surface area contributed by atoms with Gasteiger partial charge in [0, 0.05) is 33.3 Å². The largest absolute Gasteiger partial charge is 0.384 e. The summed E-state index contributed by atoms with van der Waals surface area (Å²) in [7, 11) is 1.68. The number of halogens is 2. The zero-order chi connectivity index (χ0) is 16.8. The summed E-state index contributed by atoms with van der Waals surface area (Å²) in [5.74, 6) is 0.156. The molecular weight excluding hydrogens is 373 g/mol. The third-order valence-corrected chi connectivity index (χ3v) is 5.39. The number of carbonyl (C=O) groups excluding carboxylic acids is 1. The predicted octanol–water partition coefficient (Wildman–Crippen LogP) is 2.02. The van der Waals surface area contributed by atoms with Crippen LogP contribution in [0, 0.1) is 5.41 Å². The number of nitrogens with zero attached hydrogens (tertiary/aromatic N) is 1. The maximum absolute atomic E-state index is 12.7. The van der Waals surface area contributed by atoms with Crippen LogP contribution in [-0.2, 0) is 22.5 Å². The van der Waals surface area contributed by atoms with Crippen molar-refractivity contribution in [2.24, 2.45) is 5.41 Å². The lowest BCUT2D eigenvalue weighted by atomic mass is 9.78. The molecule has 0 aliphatic carbocycles. The molecule has 2 heterocycles. The van der Waals surface area contributed by atoms with Crippen molar-refractivity contribution >= 4 is 30.7 Å². The minimum atomic E-state index is -0.353. The molecule has 0 aromatic heterocycles. The van der Waals surface area contributed by atoms with Gasteiger partial charge in [-0.25, -0.2) is 0 Å². The summed E-state index contributed by atoms with van der Waals surface area (Å²) in [6, 6.07) is 8.65.